The Morgan fingerprint density at radius 2 is 2.00 bits per heavy atom. The molecule has 0 aliphatic rings. The molecule has 0 saturated carbocycles. The van der Waals surface area contributed by atoms with E-state index in [-0.39, 0.29) is 12.5 Å². The Hall–Kier alpha value is -0.570. The van der Waals surface area contributed by atoms with Crippen LogP contribution in [-0.2, 0) is 14.3 Å². The zero-order chi connectivity index (χ0) is 8.15. The maximum absolute atomic E-state index is 10.6. The number of carbonyl (C=O) groups is 2. The first kappa shape index (κ1) is 9.43. The van der Waals surface area contributed by atoms with Crippen molar-refractivity contribution < 1.29 is 14.3 Å². The molecule has 0 aromatic carbocycles. The Kier molecular flexibility index (Phi) is 4.03. The van der Waals surface area contributed by atoms with Gasteiger partial charge in [-0.25, -0.2) is 0 Å². The summed E-state index contributed by atoms with van der Waals surface area (Å²) < 4.78 is 4.44. The lowest BCUT2D eigenvalue weighted by molar-refractivity contribution is -0.149. The van der Waals surface area contributed by atoms with Crippen molar-refractivity contribution in [1.82, 2.24) is 0 Å². The fraction of sp³-hybridized carbons (Fsp3) is 0.667. The Morgan fingerprint density at radius 1 is 1.50 bits per heavy atom. The third-order valence-corrected chi connectivity index (χ3v) is 0.908. The van der Waals surface area contributed by atoms with E-state index < -0.39 is 11.2 Å². The third-order valence-electron chi connectivity index (χ3n) is 0.799. The second kappa shape index (κ2) is 4.28. The lowest BCUT2D eigenvalue weighted by atomic mass is 10.2. The molecule has 10 heavy (non-hydrogen) atoms. The van der Waals surface area contributed by atoms with Crippen LogP contribution in [0.3, 0.4) is 0 Å². The van der Waals surface area contributed by atoms with Gasteiger partial charge in [0.2, 0.25) is 0 Å². The standard InChI is InChI=1S/C6H9ClO3/c1-4(2)6(9)10-3-5(7)8/h4H,3H2,1-2H3. The summed E-state index contributed by atoms with van der Waals surface area (Å²) in [6.07, 6.45) is 0. The Bertz CT molecular complexity index is 142. The average molecular weight is 165 g/mol. The molecule has 0 atom stereocenters. The van der Waals surface area contributed by atoms with Gasteiger partial charge >= 0.3 is 5.97 Å². The molecule has 0 unspecified atom stereocenters. The maximum Gasteiger partial charge on any atom is 0.308 e. The number of hydrogen-bond donors (Lipinski definition) is 0. The summed E-state index contributed by atoms with van der Waals surface area (Å²) in [6, 6.07) is 0. The van der Waals surface area contributed by atoms with Crippen molar-refractivity contribution in [2.75, 3.05) is 6.61 Å². The van der Waals surface area contributed by atoms with Crippen LogP contribution in [0.15, 0.2) is 0 Å². The SMILES string of the molecule is CC(C)C(=O)OCC(=O)Cl. The molecule has 0 fully saturated rings. The monoisotopic (exact) mass is 164 g/mol. The van der Waals surface area contributed by atoms with Gasteiger partial charge in [0.1, 0.15) is 0 Å². The van der Waals surface area contributed by atoms with Gasteiger partial charge < -0.3 is 4.74 Å². The van der Waals surface area contributed by atoms with Crippen molar-refractivity contribution in [3.05, 3.63) is 0 Å². The van der Waals surface area contributed by atoms with E-state index in [0.717, 1.165) is 0 Å². The van der Waals surface area contributed by atoms with Gasteiger partial charge in [0.25, 0.3) is 5.24 Å². The fourth-order valence-electron chi connectivity index (χ4n) is 0.295. The Labute approximate surface area is 64.3 Å². The van der Waals surface area contributed by atoms with E-state index in [1.807, 2.05) is 0 Å². The molecular formula is C6H9ClO3. The third kappa shape index (κ3) is 4.32. The molecule has 0 heterocycles. The van der Waals surface area contributed by atoms with Crippen LogP contribution in [0, 0.1) is 5.92 Å². The minimum absolute atomic E-state index is 0.212. The summed E-state index contributed by atoms with van der Waals surface area (Å²) in [5, 5.41) is -0.658. The van der Waals surface area contributed by atoms with Crippen molar-refractivity contribution in [1.29, 1.82) is 0 Å². The van der Waals surface area contributed by atoms with Crippen LogP contribution >= 0.6 is 11.6 Å². The topological polar surface area (TPSA) is 43.4 Å². The molecule has 58 valence electrons. The van der Waals surface area contributed by atoms with Crippen LogP contribution in [0.25, 0.3) is 0 Å². The molecule has 4 heteroatoms. The number of esters is 1. The van der Waals surface area contributed by atoms with Crippen molar-refractivity contribution in [2.24, 2.45) is 5.92 Å². The molecule has 0 spiro atoms. The van der Waals surface area contributed by atoms with Crippen LogP contribution in [0.4, 0.5) is 0 Å². The van der Waals surface area contributed by atoms with E-state index in [1.165, 1.54) is 0 Å². The van der Waals surface area contributed by atoms with Crippen LogP contribution < -0.4 is 0 Å². The van der Waals surface area contributed by atoms with Crippen molar-refractivity contribution in [2.45, 2.75) is 13.8 Å². The predicted molar refractivity (Wildman–Crippen MR) is 36.7 cm³/mol. The van der Waals surface area contributed by atoms with Gasteiger partial charge in [-0.2, -0.15) is 0 Å². The summed E-state index contributed by atoms with van der Waals surface area (Å²) in [5.74, 6) is -0.620. The zero-order valence-corrected chi connectivity index (χ0v) is 6.64. The number of ether oxygens (including phenoxy) is 1. The smallest absolute Gasteiger partial charge is 0.308 e. The van der Waals surface area contributed by atoms with E-state index in [0.29, 0.717) is 0 Å². The lowest BCUT2D eigenvalue weighted by Crippen LogP contribution is -2.14. The zero-order valence-electron chi connectivity index (χ0n) is 5.89. The highest BCUT2D eigenvalue weighted by Gasteiger charge is 2.08. The number of carbonyl (C=O) groups excluding carboxylic acids is 2. The number of rotatable bonds is 3. The summed E-state index contributed by atoms with van der Waals surface area (Å²) in [5.41, 5.74) is 0. The Morgan fingerprint density at radius 3 is 2.30 bits per heavy atom. The highest BCUT2D eigenvalue weighted by atomic mass is 35.5. The molecule has 0 rings (SSSR count). The van der Waals surface area contributed by atoms with E-state index in [4.69, 9.17) is 11.6 Å². The van der Waals surface area contributed by atoms with E-state index in [2.05, 4.69) is 4.74 Å². The first-order valence-corrected chi connectivity index (χ1v) is 3.26. The molecule has 0 N–H and O–H groups in total. The summed E-state index contributed by atoms with van der Waals surface area (Å²) in [4.78, 5) is 20.7. The normalized spacial score (nSPS) is 9.60. The van der Waals surface area contributed by atoms with Gasteiger partial charge in [-0.05, 0) is 11.6 Å². The predicted octanol–water partition coefficient (Wildman–Crippen LogP) is 0.951. The first-order valence-electron chi connectivity index (χ1n) is 2.89. The highest BCUT2D eigenvalue weighted by Crippen LogP contribution is 1.95. The average Bonchev–Trinajstić information content (AvgIpc) is 1.82. The summed E-state index contributed by atoms with van der Waals surface area (Å²) >= 11 is 4.91. The van der Waals surface area contributed by atoms with Gasteiger partial charge in [-0.1, -0.05) is 13.8 Å². The molecule has 3 nitrogen and oxygen atoms in total. The molecule has 0 aromatic heterocycles. The lowest BCUT2D eigenvalue weighted by Gasteiger charge is -2.02. The summed E-state index contributed by atoms with van der Waals surface area (Å²) in [6.45, 7) is 3.03. The van der Waals surface area contributed by atoms with Gasteiger partial charge in [0, 0.05) is 0 Å². The number of halogens is 1. The molecule has 0 aliphatic carbocycles. The largest absolute Gasteiger partial charge is 0.456 e. The van der Waals surface area contributed by atoms with Gasteiger partial charge in [0.05, 0.1) is 5.92 Å². The van der Waals surface area contributed by atoms with E-state index >= 15 is 0 Å². The van der Waals surface area contributed by atoms with Crippen molar-refractivity contribution in [3.63, 3.8) is 0 Å². The quantitative estimate of drug-likeness (QED) is 0.461. The molecule has 0 aromatic rings. The second-order valence-corrected chi connectivity index (χ2v) is 2.54. The molecule has 0 aliphatic heterocycles. The molecule has 0 radical (unpaired) electrons. The van der Waals surface area contributed by atoms with Crippen molar-refractivity contribution >= 4 is 22.8 Å². The Balaban J connectivity index is 3.50. The number of hydrogen-bond acceptors (Lipinski definition) is 3. The van der Waals surface area contributed by atoms with Crippen LogP contribution in [0.2, 0.25) is 0 Å². The van der Waals surface area contributed by atoms with Crippen LogP contribution in [0.1, 0.15) is 13.8 Å². The molecule has 0 saturated heterocycles. The molecule has 0 bridgehead atoms. The first-order chi connectivity index (χ1) is 4.54. The molecule has 0 amide bonds. The van der Waals surface area contributed by atoms with Crippen molar-refractivity contribution in [3.8, 4) is 0 Å². The van der Waals surface area contributed by atoms with Gasteiger partial charge in [-0.3, -0.25) is 9.59 Å². The highest BCUT2D eigenvalue weighted by molar-refractivity contribution is 6.64. The molecular weight excluding hydrogens is 156 g/mol. The van der Waals surface area contributed by atoms with Crippen LogP contribution in [0.5, 0.6) is 0 Å². The second-order valence-electron chi connectivity index (χ2n) is 2.12. The van der Waals surface area contributed by atoms with E-state index in [1.54, 1.807) is 13.8 Å². The maximum atomic E-state index is 10.6. The fourth-order valence-corrected chi connectivity index (χ4v) is 0.349. The summed E-state index contributed by atoms with van der Waals surface area (Å²) in [7, 11) is 0. The van der Waals surface area contributed by atoms with Gasteiger partial charge in [0.15, 0.2) is 6.61 Å². The minimum Gasteiger partial charge on any atom is -0.456 e. The van der Waals surface area contributed by atoms with E-state index in [9.17, 15) is 9.59 Å². The minimum atomic E-state index is -0.658. The van der Waals surface area contributed by atoms with Gasteiger partial charge in [-0.15, -0.1) is 0 Å². The van der Waals surface area contributed by atoms with Crippen LogP contribution in [-0.4, -0.2) is 17.8 Å².